The number of nitrogens with one attached hydrogen (secondary N) is 1. The molecule has 3 unspecified atom stereocenters. The molecule has 4 aromatic carbocycles. The Bertz CT molecular complexity index is 1340. The Kier molecular flexibility index (Phi) is 5.46. The largest absolute Gasteiger partial charge is 0.496 e. The maximum absolute atomic E-state index is 6.16. The average molecular weight is 448 g/mol. The maximum Gasteiger partial charge on any atom is 0.124 e. The van der Waals surface area contributed by atoms with Crippen molar-refractivity contribution in [3.05, 3.63) is 114 Å². The van der Waals surface area contributed by atoms with Crippen LogP contribution in [0.5, 0.6) is 11.5 Å². The molecule has 3 nitrogen and oxygen atoms in total. The smallest absolute Gasteiger partial charge is 0.124 e. The molecule has 0 radical (unpaired) electrons. The highest BCUT2D eigenvalue weighted by Crippen LogP contribution is 2.53. The quantitative estimate of drug-likeness (QED) is 0.315. The summed E-state index contributed by atoms with van der Waals surface area (Å²) < 4.78 is 12.0. The number of methoxy groups -OCH3 is 1. The van der Waals surface area contributed by atoms with Crippen molar-refractivity contribution < 1.29 is 9.47 Å². The molecule has 6 rings (SSSR count). The molecule has 1 aliphatic heterocycles. The Hall–Kier alpha value is -3.72. The zero-order valence-corrected chi connectivity index (χ0v) is 19.4. The van der Waals surface area contributed by atoms with Crippen LogP contribution in [-0.2, 0) is 6.42 Å². The summed E-state index contributed by atoms with van der Waals surface area (Å²) in [5, 5.41) is 6.39. The van der Waals surface area contributed by atoms with Crippen molar-refractivity contribution in [1.82, 2.24) is 0 Å². The number of hydrogen-bond donors (Lipinski definition) is 1. The molecule has 4 aromatic rings. The first-order chi connectivity index (χ1) is 16.8. The molecule has 0 aromatic heterocycles. The zero-order valence-electron chi connectivity index (χ0n) is 19.4. The molecule has 0 bridgehead atoms. The van der Waals surface area contributed by atoms with Gasteiger partial charge in [0.1, 0.15) is 11.5 Å². The lowest BCUT2D eigenvalue weighted by atomic mass is 9.76. The van der Waals surface area contributed by atoms with Crippen molar-refractivity contribution in [2.24, 2.45) is 5.92 Å². The highest BCUT2D eigenvalue weighted by Gasteiger charge is 2.39. The van der Waals surface area contributed by atoms with Crippen LogP contribution in [0.25, 0.3) is 10.8 Å². The van der Waals surface area contributed by atoms with Crippen molar-refractivity contribution in [3.63, 3.8) is 0 Å². The molecule has 1 N–H and O–H groups in total. The topological polar surface area (TPSA) is 30.5 Å². The van der Waals surface area contributed by atoms with Crippen LogP contribution in [0, 0.1) is 5.92 Å². The number of rotatable bonds is 6. The van der Waals surface area contributed by atoms with E-state index in [1.54, 1.807) is 7.11 Å². The van der Waals surface area contributed by atoms with Crippen molar-refractivity contribution in [3.8, 4) is 11.5 Å². The second-order valence-corrected chi connectivity index (χ2v) is 9.21. The van der Waals surface area contributed by atoms with E-state index in [1.165, 1.54) is 33.2 Å². The van der Waals surface area contributed by atoms with Crippen LogP contribution in [-0.4, -0.2) is 13.7 Å². The van der Waals surface area contributed by atoms with Crippen LogP contribution < -0.4 is 14.8 Å². The number of allylic oxidation sites excluding steroid dienone is 2. The minimum absolute atomic E-state index is 0.179. The number of anilines is 1. The molecule has 0 saturated heterocycles. The normalized spacial score (nSPS) is 20.4. The Morgan fingerprint density at radius 1 is 0.912 bits per heavy atom. The Balaban J connectivity index is 1.31. The van der Waals surface area contributed by atoms with E-state index in [-0.39, 0.29) is 6.04 Å². The van der Waals surface area contributed by atoms with Crippen LogP contribution in [0.1, 0.15) is 35.1 Å². The summed E-state index contributed by atoms with van der Waals surface area (Å²) in [5.41, 5.74) is 5.07. The number of benzene rings is 4. The van der Waals surface area contributed by atoms with E-state index in [4.69, 9.17) is 9.47 Å². The third-order valence-corrected chi connectivity index (χ3v) is 7.30. The molecule has 34 heavy (non-hydrogen) atoms. The molecule has 3 heteroatoms. The molecule has 0 spiro atoms. The van der Waals surface area contributed by atoms with Gasteiger partial charge in [0.05, 0.1) is 19.8 Å². The number of fused-ring (bicyclic) bond motifs is 4. The predicted octanol–water partition coefficient (Wildman–Crippen LogP) is 7.30. The third kappa shape index (κ3) is 3.71. The van der Waals surface area contributed by atoms with E-state index in [0.717, 1.165) is 24.3 Å². The fraction of sp³-hybridized carbons (Fsp3) is 0.226. The highest BCUT2D eigenvalue weighted by atomic mass is 16.5. The van der Waals surface area contributed by atoms with Gasteiger partial charge in [-0.1, -0.05) is 72.8 Å². The standard InChI is InChI=1S/C31H29NO2/c1-33-29-17-14-22-10-5-6-11-24(22)30(29)31-26-13-7-12-25(26)27-20-23(15-16-28(27)32-31)34-19-18-21-8-3-2-4-9-21/h2-12,14-17,20,25-26,31-32H,13,18-19H2,1H3. The Labute approximate surface area is 201 Å². The summed E-state index contributed by atoms with van der Waals surface area (Å²) in [7, 11) is 1.77. The minimum Gasteiger partial charge on any atom is -0.496 e. The molecule has 1 aliphatic carbocycles. The summed E-state index contributed by atoms with van der Waals surface area (Å²) in [4.78, 5) is 0. The fourth-order valence-electron chi connectivity index (χ4n) is 5.65. The van der Waals surface area contributed by atoms with Crippen molar-refractivity contribution in [2.45, 2.75) is 24.8 Å². The van der Waals surface area contributed by atoms with Crippen molar-refractivity contribution in [1.29, 1.82) is 0 Å². The molecule has 1 heterocycles. The first kappa shape index (κ1) is 20.9. The van der Waals surface area contributed by atoms with Gasteiger partial charge in [-0.05, 0) is 58.5 Å². The van der Waals surface area contributed by atoms with Gasteiger partial charge in [0, 0.05) is 23.6 Å². The second kappa shape index (κ2) is 8.90. The van der Waals surface area contributed by atoms with Gasteiger partial charge in [-0.2, -0.15) is 0 Å². The van der Waals surface area contributed by atoms with Crippen LogP contribution >= 0.6 is 0 Å². The second-order valence-electron chi connectivity index (χ2n) is 9.21. The van der Waals surface area contributed by atoms with Gasteiger partial charge < -0.3 is 14.8 Å². The van der Waals surface area contributed by atoms with Crippen molar-refractivity contribution in [2.75, 3.05) is 19.0 Å². The van der Waals surface area contributed by atoms with Crippen LogP contribution in [0.3, 0.4) is 0 Å². The van der Waals surface area contributed by atoms with Crippen LogP contribution in [0.15, 0.2) is 97.1 Å². The summed E-state index contributed by atoms with van der Waals surface area (Å²) in [6, 6.07) is 30.0. The van der Waals surface area contributed by atoms with E-state index in [0.29, 0.717) is 18.4 Å². The fourth-order valence-corrected chi connectivity index (χ4v) is 5.65. The monoisotopic (exact) mass is 447 g/mol. The summed E-state index contributed by atoms with van der Waals surface area (Å²) >= 11 is 0. The van der Waals surface area contributed by atoms with E-state index in [1.807, 2.05) is 6.07 Å². The lowest BCUT2D eigenvalue weighted by Crippen LogP contribution is -2.29. The molecular weight excluding hydrogens is 418 g/mol. The van der Waals surface area contributed by atoms with Gasteiger partial charge >= 0.3 is 0 Å². The molecule has 170 valence electrons. The zero-order chi connectivity index (χ0) is 22.9. The summed E-state index contributed by atoms with van der Waals surface area (Å²) in [6.45, 7) is 0.677. The van der Waals surface area contributed by atoms with E-state index < -0.39 is 0 Å². The third-order valence-electron chi connectivity index (χ3n) is 7.30. The molecule has 0 saturated carbocycles. The molecule has 0 amide bonds. The van der Waals surface area contributed by atoms with Crippen LogP contribution in [0.4, 0.5) is 5.69 Å². The first-order valence-corrected chi connectivity index (χ1v) is 12.1. The number of hydrogen-bond acceptors (Lipinski definition) is 3. The Morgan fingerprint density at radius 2 is 1.76 bits per heavy atom. The molecule has 2 aliphatic rings. The first-order valence-electron chi connectivity index (χ1n) is 12.1. The average Bonchev–Trinajstić information content (AvgIpc) is 3.39. The lowest BCUT2D eigenvalue weighted by Gasteiger charge is -2.38. The van der Waals surface area contributed by atoms with Gasteiger partial charge in [0.15, 0.2) is 0 Å². The van der Waals surface area contributed by atoms with Gasteiger partial charge in [0.2, 0.25) is 0 Å². The molecular formula is C31H29NO2. The highest BCUT2D eigenvalue weighted by molar-refractivity contribution is 5.89. The Morgan fingerprint density at radius 3 is 2.65 bits per heavy atom. The van der Waals surface area contributed by atoms with E-state index >= 15 is 0 Å². The van der Waals surface area contributed by atoms with Gasteiger partial charge in [0.25, 0.3) is 0 Å². The summed E-state index contributed by atoms with van der Waals surface area (Å²) in [5.74, 6) is 2.69. The molecule has 0 fully saturated rings. The number of ether oxygens (including phenoxy) is 2. The lowest BCUT2D eigenvalue weighted by molar-refractivity contribution is 0.320. The van der Waals surface area contributed by atoms with Gasteiger partial charge in [-0.3, -0.25) is 0 Å². The summed E-state index contributed by atoms with van der Waals surface area (Å²) in [6.07, 6.45) is 6.67. The maximum atomic E-state index is 6.16. The minimum atomic E-state index is 0.179. The van der Waals surface area contributed by atoms with Crippen molar-refractivity contribution >= 4 is 16.5 Å². The van der Waals surface area contributed by atoms with Crippen LogP contribution in [0.2, 0.25) is 0 Å². The van der Waals surface area contributed by atoms with Gasteiger partial charge in [-0.15, -0.1) is 0 Å². The predicted molar refractivity (Wildman–Crippen MR) is 139 cm³/mol. The van der Waals surface area contributed by atoms with Gasteiger partial charge in [-0.25, -0.2) is 0 Å². The SMILES string of the molecule is COc1ccc2ccccc2c1C1Nc2ccc(OCCc3ccccc3)cc2C2C=CCC21. The molecule has 3 atom stereocenters. The van der Waals surface area contributed by atoms with E-state index in [9.17, 15) is 0 Å². The van der Waals surface area contributed by atoms with E-state index in [2.05, 4.69) is 96.3 Å².